The van der Waals surface area contributed by atoms with Crippen LogP contribution in [0, 0.1) is 24.1 Å². The molecule has 1 aromatic heterocycles. The summed E-state index contributed by atoms with van der Waals surface area (Å²) in [6.07, 6.45) is 3.33. The Balaban J connectivity index is 2.08. The van der Waals surface area contributed by atoms with Crippen LogP contribution in [0.4, 0.5) is 10.1 Å². The third kappa shape index (κ3) is 3.01. The number of aromatic nitrogens is 2. The van der Waals surface area contributed by atoms with Crippen LogP contribution < -0.4 is 5.32 Å². The number of hydrogen-bond donors (Lipinski definition) is 1. The average Bonchev–Trinajstić information content (AvgIpc) is 2.37. The van der Waals surface area contributed by atoms with Gasteiger partial charge in [-0.1, -0.05) is 0 Å². The first-order valence-electron chi connectivity index (χ1n) is 5.39. The molecule has 1 aromatic carbocycles. The van der Waals surface area contributed by atoms with Gasteiger partial charge in [0.1, 0.15) is 5.82 Å². The van der Waals surface area contributed by atoms with Gasteiger partial charge in [-0.25, -0.2) is 4.39 Å². The van der Waals surface area contributed by atoms with E-state index >= 15 is 0 Å². The minimum absolute atomic E-state index is 0.285. The van der Waals surface area contributed by atoms with E-state index in [-0.39, 0.29) is 5.56 Å². The number of hydrogen-bond acceptors (Lipinski definition) is 4. The molecule has 18 heavy (non-hydrogen) atoms. The van der Waals surface area contributed by atoms with Crippen LogP contribution in [0.2, 0.25) is 0 Å². The first kappa shape index (κ1) is 12.0. The van der Waals surface area contributed by atoms with Crippen molar-refractivity contribution in [2.75, 3.05) is 5.32 Å². The third-order valence-electron chi connectivity index (χ3n) is 2.33. The van der Waals surface area contributed by atoms with E-state index in [0.29, 0.717) is 12.2 Å². The molecule has 0 saturated carbocycles. The number of benzene rings is 1. The molecule has 4 nitrogen and oxygen atoms in total. The Kier molecular flexibility index (Phi) is 3.49. The van der Waals surface area contributed by atoms with Gasteiger partial charge in [0.25, 0.3) is 0 Å². The summed E-state index contributed by atoms with van der Waals surface area (Å²) < 4.78 is 13.2. The molecule has 0 aliphatic heterocycles. The second-order valence-electron chi connectivity index (χ2n) is 3.84. The van der Waals surface area contributed by atoms with Crippen LogP contribution in [0.5, 0.6) is 0 Å². The van der Waals surface area contributed by atoms with E-state index in [9.17, 15) is 4.39 Å². The monoisotopic (exact) mass is 242 g/mol. The molecular weight excluding hydrogens is 231 g/mol. The van der Waals surface area contributed by atoms with E-state index in [2.05, 4.69) is 15.3 Å². The van der Waals surface area contributed by atoms with Gasteiger partial charge in [0.05, 0.1) is 35.8 Å². The molecule has 0 aliphatic rings. The lowest BCUT2D eigenvalue weighted by molar-refractivity contribution is 0.627. The Hall–Kier alpha value is -2.48. The van der Waals surface area contributed by atoms with Gasteiger partial charge in [0, 0.05) is 11.9 Å². The second-order valence-corrected chi connectivity index (χ2v) is 3.84. The van der Waals surface area contributed by atoms with Crippen molar-refractivity contribution in [2.24, 2.45) is 0 Å². The molecule has 0 saturated heterocycles. The van der Waals surface area contributed by atoms with Crippen LogP contribution in [0.1, 0.15) is 17.0 Å². The first-order chi connectivity index (χ1) is 8.67. The predicted molar refractivity (Wildman–Crippen MR) is 65.2 cm³/mol. The molecule has 0 amide bonds. The minimum Gasteiger partial charge on any atom is -0.379 e. The molecule has 1 heterocycles. The molecule has 1 N–H and O–H groups in total. The van der Waals surface area contributed by atoms with E-state index in [1.807, 2.05) is 13.0 Å². The summed E-state index contributed by atoms with van der Waals surface area (Å²) in [5.41, 5.74) is 2.43. The molecular formula is C13H11FN4. The summed E-state index contributed by atoms with van der Waals surface area (Å²) in [7, 11) is 0. The Morgan fingerprint density at radius 2 is 2.11 bits per heavy atom. The molecule has 0 radical (unpaired) electrons. The number of aryl methyl sites for hydroxylation is 1. The lowest BCUT2D eigenvalue weighted by Crippen LogP contribution is -2.03. The lowest BCUT2D eigenvalue weighted by Gasteiger charge is -2.06. The Morgan fingerprint density at radius 1 is 1.28 bits per heavy atom. The Morgan fingerprint density at radius 3 is 2.78 bits per heavy atom. The maximum Gasteiger partial charge on any atom is 0.126 e. The summed E-state index contributed by atoms with van der Waals surface area (Å²) in [6, 6.07) is 6.02. The fourth-order valence-corrected chi connectivity index (χ4v) is 1.46. The predicted octanol–water partition coefficient (Wildman–Crippen LogP) is 2.41. The highest BCUT2D eigenvalue weighted by atomic mass is 19.1. The molecule has 2 rings (SSSR count). The number of nitrogens with one attached hydrogen (secondary N) is 1. The number of anilines is 1. The quantitative estimate of drug-likeness (QED) is 0.897. The molecule has 5 heteroatoms. The zero-order chi connectivity index (χ0) is 13.0. The molecule has 0 atom stereocenters. The van der Waals surface area contributed by atoms with Crippen LogP contribution in [-0.4, -0.2) is 9.97 Å². The number of halogens is 1. The van der Waals surface area contributed by atoms with Crippen LogP contribution in [0.15, 0.2) is 30.6 Å². The molecule has 0 unspecified atom stereocenters. The van der Waals surface area contributed by atoms with Gasteiger partial charge < -0.3 is 5.32 Å². The topological polar surface area (TPSA) is 61.6 Å². The minimum atomic E-state index is -0.438. The Bertz CT molecular complexity index is 587. The number of rotatable bonds is 3. The standard InChI is InChI=1S/C13H11FN4/c1-9-6-17-13(7-16-9)8-18-12-3-10(5-15)2-11(14)4-12/h2-4,6-7,18H,8H2,1H3. The van der Waals surface area contributed by atoms with Crippen LogP contribution in [-0.2, 0) is 6.54 Å². The molecule has 0 spiro atoms. The summed E-state index contributed by atoms with van der Waals surface area (Å²) in [5, 5.41) is 11.7. The second kappa shape index (κ2) is 5.23. The summed E-state index contributed by atoms with van der Waals surface area (Å²) >= 11 is 0. The number of nitrogens with zero attached hydrogens (tertiary/aromatic N) is 3. The van der Waals surface area contributed by atoms with Gasteiger partial charge in [-0.05, 0) is 25.1 Å². The maximum atomic E-state index is 13.2. The maximum absolute atomic E-state index is 13.2. The SMILES string of the molecule is Cc1cnc(CNc2cc(F)cc(C#N)c2)cn1. The van der Waals surface area contributed by atoms with Gasteiger partial charge in [-0.3, -0.25) is 9.97 Å². The summed E-state index contributed by atoms with van der Waals surface area (Å²) in [4.78, 5) is 8.29. The van der Waals surface area contributed by atoms with Crippen LogP contribution in [0.25, 0.3) is 0 Å². The fourth-order valence-electron chi connectivity index (χ4n) is 1.46. The molecule has 0 fully saturated rings. The van der Waals surface area contributed by atoms with E-state index in [1.54, 1.807) is 18.5 Å². The van der Waals surface area contributed by atoms with Crippen LogP contribution in [0.3, 0.4) is 0 Å². The normalized spacial score (nSPS) is 9.83. The van der Waals surface area contributed by atoms with Gasteiger partial charge >= 0.3 is 0 Å². The smallest absolute Gasteiger partial charge is 0.126 e. The highest BCUT2D eigenvalue weighted by Crippen LogP contribution is 2.14. The van der Waals surface area contributed by atoms with Gasteiger partial charge in [0.2, 0.25) is 0 Å². The molecule has 2 aromatic rings. The van der Waals surface area contributed by atoms with E-state index in [1.165, 1.54) is 12.1 Å². The van der Waals surface area contributed by atoms with E-state index < -0.39 is 5.82 Å². The van der Waals surface area contributed by atoms with Gasteiger partial charge in [-0.2, -0.15) is 5.26 Å². The van der Waals surface area contributed by atoms with Crippen molar-refractivity contribution in [3.05, 3.63) is 53.4 Å². The van der Waals surface area contributed by atoms with Crippen molar-refractivity contribution in [1.82, 2.24) is 9.97 Å². The lowest BCUT2D eigenvalue weighted by atomic mass is 10.2. The highest BCUT2D eigenvalue weighted by molar-refractivity contribution is 5.49. The van der Waals surface area contributed by atoms with Gasteiger partial charge in [-0.15, -0.1) is 0 Å². The van der Waals surface area contributed by atoms with Crippen molar-refractivity contribution in [2.45, 2.75) is 13.5 Å². The molecule has 90 valence electrons. The Labute approximate surface area is 104 Å². The highest BCUT2D eigenvalue weighted by Gasteiger charge is 2.01. The third-order valence-corrected chi connectivity index (χ3v) is 2.33. The largest absolute Gasteiger partial charge is 0.379 e. The van der Waals surface area contributed by atoms with E-state index in [4.69, 9.17) is 5.26 Å². The van der Waals surface area contributed by atoms with Crippen molar-refractivity contribution >= 4 is 5.69 Å². The average molecular weight is 242 g/mol. The van der Waals surface area contributed by atoms with Crippen molar-refractivity contribution in [3.63, 3.8) is 0 Å². The molecule has 0 aliphatic carbocycles. The van der Waals surface area contributed by atoms with Gasteiger partial charge in [0.15, 0.2) is 0 Å². The number of nitriles is 1. The summed E-state index contributed by atoms with van der Waals surface area (Å²) in [5.74, 6) is -0.438. The fraction of sp³-hybridized carbons (Fsp3) is 0.154. The van der Waals surface area contributed by atoms with Crippen molar-refractivity contribution < 1.29 is 4.39 Å². The van der Waals surface area contributed by atoms with Crippen molar-refractivity contribution in [1.29, 1.82) is 5.26 Å². The first-order valence-corrected chi connectivity index (χ1v) is 5.39. The zero-order valence-corrected chi connectivity index (χ0v) is 9.81. The molecule has 0 bridgehead atoms. The zero-order valence-electron chi connectivity index (χ0n) is 9.81. The van der Waals surface area contributed by atoms with Crippen LogP contribution >= 0.6 is 0 Å². The van der Waals surface area contributed by atoms with E-state index in [0.717, 1.165) is 11.4 Å². The summed E-state index contributed by atoms with van der Waals surface area (Å²) in [6.45, 7) is 2.29. The van der Waals surface area contributed by atoms with Crippen molar-refractivity contribution in [3.8, 4) is 6.07 Å².